The Morgan fingerprint density at radius 3 is 2.31 bits per heavy atom. The summed E-state index contributed by atoms with van der Waals surface area (Å²) in [5.41, 5.74) is 3.50. The van der Waals surface area contributed by atoms with Crippen LogP contribution in [0.25, 0.3) is 0 Å². The Balaban J connectivity index is 1.80. The van der Waals surface area contributed by atoms with Crippen molar-refractivity contribution in [2.75, 3.05) is 12.4 Å². The molecule has 0 aliphatic rings. The van der Waals surface area contributed by atoms with Gasteiger partial charge in [-0.2, -0.15) is 0 Å². The topological polar surface area (TPSA) is 58.4 Å². The largest absolute Gasteiger partial charge is 0.360 e. The van der Waals surface area contributed by atoms with E-state index < -0.39 is 6.04 Å². The minimum atomic E-state index is -0.449. The summed E-state index contributed by atoms with van der Waals surface area (Å²) in [6, 6.07) is 19.7. The van der Waals surface area contributed by atoms with Crippen molar-refractivity contribution in [1.29, 1.82) is 0 Å². The van der Waals surface area contributed by atoms with Gasteiger partial charge in [0.2, 0.25) is 5.91 Å². The quantitative estimate of drug-likeness (QED) is 0.636. The van der Waals surface area contributed by atoms with Crippen LogP contribution in [0.2, 0.25) is 0 Å². The molecule has 1 aromatic heterocycles. The minimum absolute atomic E-state index is 0.118. The number of carbonyl (C=O) groups excluding carboxylic acids is 1. The van der Waals surface area contributed by atoms with E-state index in [4.69, 9.17) is 4.52 Å². The van der Waals surface area contributed by atoms with Crippen LogP contribution >= 0.6 is 0 Å². The second-order valence-corrected chi connectivity index (χ2v) is 8.49. The number of hydrogen-bond acceptors (Lipinski definition) is 4. The Bertz CT molecular complexity index is 940. The van der Waals surface area contributed by atoms with Gasteiger partial charge in [0.05, 0.1) is 0 Å². The number of hydrogen-bond donors (Lipinski definition) is 1. The molecule has 1 N–H and O–H groups in total. The monoisotopic (exact) mass is 391 g/mol. The van der Waals surface area contributed by atoms with E-state index in [-0.39, 0.29) is 11.3 Å². The molecule has 0 saturated heterocycles. The number of anilines is 1. The van der Waals surface area contributed by atoms with E-state index in [1.54, 1.807) is 13.0 Å². The van der Waals surface area contributed by atoms with Gasteiger partial charge in [-0.3, -0.25) is 9.69 Å². The highest BCUT2D eigenvalue weighted by molar-refractivity contribution is 5.94. The molecule has 0 spiro atoms. The third kappa shape index (κ3) is 5.33. The van der Waals surface area contributed by atoms with Gasteiger partial charge in [-0.05, 0) is 36.1 Å². The van der Waals surface area contributed by atoms with Crippen LogP contribution in [-0.4, -0.2) is 23.0 Å². The summed E-state index contributed by atoms with van der Waals surface area (Å²) in [6.07, 6.45) is 0. The number of likely N-dealkylation sites (N-methyl/N-ethyl adjacent to an activating group) is 1. The molecule has 29 heavy (non-hydrogen) atoms. The maximum atomic E-state index is 13.1. The van der Waals surface area contributed by atoms with Gasteiger partial charge in [0.25, 0.3) is 0 Å². The van der Waals surface area contributed by atoms with Gasteiger partial charge in [0, 0.05) is 12.6 Å². The summed E-state index contributed by atoms with van der Waals surface area (Å²) < 4.78 is 5.07. The van der Waals surface area contributed by atoms with E-state index in [1.807, 2.05) is 42.3 Å². The highest BCUT2D eigenvalue weighted by Crippen LogP contribution is 2.25. The lowest BCUT2D eigenvalue weighted by Gasteiger charge is -2.27. The molecule has 0 aliphatic heterocycles. The Kier molecular flexibility index (Phi) is 6.18. The molecule has 0 radical (unpaired) electrons. The van der Waals surface area contributed by atoms with Crippen LogP contribution in [0.15, 0.2) is 65.2 Å². The van der Waals surface area contributed by atoms with Crippen molar-refractivity contribution >= 4 is 11.7 Å². The molecule has 1 unspecified atom stereocenters. The maximum absolute atomic E-state index is 13.1. The van der Waals surface area contributed by atoms with Gasteiger partial charge in [0.1, 0.15) is 11.8 Å². The number of aryl methyl sites for hydroxylation is 1. The third-order valence-corrected chi connectivity index (χ3v) is 4.94. The summed E-state index contributed by atoms with van der Waals surface area (Å²) in [4.78, 5) is 15.2. The van der Waals surface area contributed by atoms with Crippen LogP contribution < -0.4 is 5.32 Å². The number of nitrogens with one attached hydrogen (secondary N) is 1. The Hall–Kier alpha value is -2.92. The first-order chi connectivity index (χ1) is 13.7. The van der Waals surface area contributed by atoms with Gasteiger partial charge in [-0.15, -0.1) is 0 Å². The van der Waals surface area contributed by atoms with Crippen molar-refractivity contribution < 1.29 is 9.32 Å². The molecule has 0 fully saturated rings. The summed E-state index contributed by atoms with van der Waals surface area (Å²) >= 11 is 0. The van der Waals surface area contributed by atoms with E-state index in [2.05, 4.69) is 55.5 Å². The van der Waals surface area contributed by atoms with E-state index in [0.29, 0.717) is 18.1 Å². The molecule has 1 atom stereocenters. The summed E-state index contributed by atoms with van der Waals surface area (Å²) in [6.45, 7) is 9.06. The SMILES string of the molecule is Cc1cc(NC(=O)C(c2ccccc2)N(C)Cc2ccc(C(C)(C)C)cc2)no1. The van der Waals surface area contributed by atoms with Crippen LogP contribution in [0.1, 0.15) is 49.3 Å². The van der Waals surface area contributed by atoms with Crippen LogP contribution in [-0.2, 0) is 16.8 Å². The molecule has 0 saturated carbocycles. The van der Waals surface area contributed by atoms with Crippen LogP contribution in [0.4, 0.5) is 5.82 Å². The molecular formula is C24H29N3O2. The zero-order valence-electron chi connectivity index (χ0n) is 17.8. The minimum Gasteiger partial charge on any atom is -0.360 e. The number of carbonyl (C=O) groups is 1. The summed E-state index contributed by atoms with van der Waals surface area (Å²) in [5.74, 6) is 0.943. The van der Waals surface area contributed by atoms with Gasteiger partial charge in [-0.25, -0.2) is 0 Å². The number of benzene rings is 2. The number of nitrogens with zero attached hydrogens (tertiary/aromatic N) is 2. The summed E-state index contributed by atoms with van der Waals surface area (Å²) in [7, 11) is 1.96. The van der Waals surface area contributed by atoms with Crippen molar-refractivity contribution in [2.45, 2.75) is 45.7 Å². The molecule has 5 heteroatoms. The van der Waals surface area contributed by atoms with Crippen molar-refractivity contribution in [3.63, 3.8) is 0 Å². The fraction of sp³-hybridized carbons (Fsp3) is 0.333. The van der Waals surface area contributed by atoms with Crippen LogP contribution in [0, 0.1) is 6.92 Å². The van der Waals surface area contributed by atoms with Crippen LogP contribution in [0.5, 0.6) is 0 Å². The predicted molar refractivity (Wildman–Crippen MR) is 116 cm³/mol. The summed E-state index contributed by atoms with van der Waals surface area (Å²) in [5, 5.41) is 6.75. The highest BCUT2D eigenvalue weighted by Gasteiger charge is 2.26. The zero-order chi connectivity index (χ0) is 21.0. The fourth-order valence-corrected chi connectivity index (χ4v) is 3.35. The standard InChI is InChI=1S/C24H29N3O2/c1-17-15-21(26-29-17)25-23(28)22(19-9-7-6-8-10-19)27(5)16-18-11-13-20(14-12-18)24(2,3)4/h6-15,22H,16H2,1-5H3,(H,25,26,28). The molecular weight excluding hydrogens is 362 g/mol. The smallest absolute Gasteiger partial charge is 0.247 e. The number of amides is 1. The molecule has 3 rings (SSSR count). The average molecular weight is 392 g/mol. The normalized spacial score (nSPS) is 12.8. The molecule has 152 valence electrons. The van der Waals surface area contributed by atoms with Crippen molar-refractivity contribution in [3.05, 3.63) is 83.1 Å². The van der Waals surface area contributed by atoms with Gasteiger partial charge in [-0.1, -0.05) is 80.5 Å². The van der Waals surface area contributed by atoms with E-state index >= 15 is 0 Å². The van der Waals surface area contributed by atoms with Crippen molar-refractivity contribution in [3.8, 4) is 0 Å². The zero-order valence-corrected chi connectivity index (χ0v) is 17.8. The van der Waals surface area contributed by atoms with Gasteiger partial charge < -0.3 is 9.84 Å². The Morgan fingerprint density at radius 2 is 1.76 bits per heavy atom. The second-order valence-electron chi connectivity index (χ2n) is 8.49. The Morgan fingerprint density at radius 1 is 1.10 bits per heavy atom. The predicted octanol–water partition coefficient (Wildman–Crippen LogP) is 5.09. The maximum Gasteiger partial charge on any atom is 0.247 e. The first-order valence-electron chi connectivity index (χ1n) is 9.83. The van der Waals surface area contributed by atoms with E-state index in [1.165, 1.54) is 5.56 Å². The molecule has 3 aromatic rings. The van der Waals surface area contributed by atoms with Crippen molar-refractivity contribution in [1.82, 2.24) is 10.1 Å². The average Bonchev–Trinajstić information content (AvgIpc) is 3.07. The van der Waals surface area contributed by atoms with E-state index in [0.717, 1.165) is 11.1 Å². The van der Waals surface area contributed by atoms with Gasteiger partial charge in [0.15, 0.2) is 5.82 Å². The first kappa shape index (κ1) is 20.8. The number of aromatic nitrogens is 1. The molecule has 2 aromatic carbocycles. The lowest BCUT2D eigenvalue weighted by Crippen LogP contribution is -2.34. The van der Waals surface area contributed by atoms with E-state index in [9.17, 15) is 4.79 Å². The van der Waals surface area contributed by atoms with Crippen molar-refractivity contribution in [2.24, 2.45) is 0 Å². The molecule has 0 bridgehead atoms. The molecule has 1 heterocycles. The van der Waals surface area contributed by atoms with Crippen LogP contribution in [0.3, 0.4) is 0 Å². The van der Waals surface area contributed by atoms with Gasteiger partial charge >= 0.3 is 0 Å². The highest BCUT2D eigenvalue weighted by atomic mass is 16.5. The molecule has 5 nitrogen and oxygen atoms in total. The Labute approximate surface area is 172 Å². The first-order valence-corrected chi connectivity index (χ1v) is 9.83. The lowest BCUT2D eigenvalue weighted by atomic mass is 9.86. The third-order valence-electron chi connectivity index (χ3n) is 4.94. The lowest BCUT2D eigenvalue weighted by molar-refractivity contribution is -0.121. The second kappa shape index (κ2) is 8.62. The molecule has 0 aliphatic carbocycles. The molecule has 1 amide bonds. The number of rotatable bonds is 6. The fourth-order valence-electron chi connectivity index (χ4n) is 3.35.